The van der Waals surface area contributed by atoms with Gasteiger partial charge in [-0.15, -0.1) is 0 Å². The Bertz CT molecular complexity index is 522. The van der Waals surface area contributed by atoms with Gasteiger partial charge in [0.1, 0.15) is 0 Å². The zero-order valence-corrected chi connectivity index (χ0v) is 13.7. The zero-order valence-electron chi connectivity index (χ0n) is 13.7. The molecular weight excluding hydrogens is 274 g/mol. The quantitative estimate of drug-likeness (QED) is 0.685. The average molecular weight is 301 g/mol. The van der Waals surface area contributed by atoms with Crippen LogP contribution in [0, 0.1) is 5.92 Å². The summed E-state index contributed by atoms with van der Waals surface area (Å²) in [5.74, 6) is 0.614. The second kappa shape index (κ2) is 9.38. The maximum absolute atomic E-state index is 5.56. The van der Waals surface area contributed by atoms with Crippen LogP contribution in [0.5, 0.6) is 0 Å². The molecule has 2 aromatic rings. The van der Waals surface area contributed by atoms with E-state index in [-0.39, 0.29) is 0 Å². The molecule has 0 bridgehead atoms. The van der Waals surface area contributed by atoms with E-state index in [9.17, 15) is 0 Å². The fourth-order valence-electron chi connectivity index (χ4n) is 2.21. The molecule has 1 N–H and O–H groups in total. The molecule has 4 nitrogen and oxygen atoms in total. The third-order valence-electron chi connectivity index (χ3n) is 3.30. The number of rotatable bonds is 10. The minimum absolute atomic E-state index is 0.614. The van der Waals surface area contributed by atoms with Gasteiger partial charge in [-0.1, -0.05) is 44.2 Å². The molecule has 0 spiro atoms. The Morgan fingerprint density at radius 3 is 2.77 bits per heavy atom. The second-order valence-electron chi connectivity index (χ2n) is 6.03. The SMILES string of the molecule is CC(C)COCCCNCc1cnn(Cc2ccccc2)c1. The topological polar surface area (TPSA) is 39.1 Å². The number of nitrogens with one attached hydrogen (secondary N) is 1. The zero-order chi connectivity index (χ0) is 15.6. The highest BCUT2D eigenvalue weighted by atomic mass is 16.5. The molecule has 1 aromatic carbocycles. The average Bonchev–Trinajstić information content (AvgIpc) is 2.94. The Morgan fingerprint density at radius 1 is 1.18 bits per heavy atom. The van der Waals surface area contributed by atoms with Crippen LogP contribution in [0.4, 0.5) is 0 Å². The monoisotopic (exact) mass is 301 g/mol. The Hall–Kier alpha value is -1.65. The lowest BCUT2D eigenvalue weighted by molar-refractivity contribution is 0.108. The number of nitrogens with zero attached hydrogens (tertiary/aromatic N) is 2. The summed E-state index contributed by atoms with van der Waals surface area (Å²) in [6.07, 6.45) is 5.09. The van der Waals surface area contributed by atoms with Crippen LogP contribution < -0.4 is 5.32 Å². The maximum atomic E-state index is 5.56. The summed E-state index contributed by atoms with van der Waals surface area (Å²) in [6.45, 7) is 8.69. The van der Waals surface area contributed by atoms with Crippen LogP contribution in [-0.2, 0) is 17.8 Å². The first-order valence-corrected chi connectivity index (χ1v) is 8.08. The van der Waals surface area contributed by atoms with Crippen molar-refractivity contribution in [2.45, 2.75) is 33.4 Å². The number of ether oxygens (including phenoxy) is 1. The van der Waals surface area contributed by atoms with Crippen molar-refractivity contribution in [2.75, 3.05) is 19.8 Å². The molecule has 1 heterocycles. The molecule has 0 aliphatic heterocycles. The van der Waals surface area contributed by atoms with E-state index in [0.29, 0.717) is 5.92 Å². The molecule has 0 aliphatic carbocycles. The predicted octanol–water partition coefficient (Wildman–Crippen LogP) is 3.08. The van der Waals surface area contributed by atoms with E-state index in [1.54, 1.807) is 0 Å². The molecule has 0 atom stereocenters. The minimum Gasteiger partial charge on any atom is -0.381 e. The first kappa shape index (κ1) is 16.7. The molecular formula is C18H27N3O. The van der Waals surface area contributed by atoms with Crippen molar-refractivity contribution in [2.24, 2.45) is 5.92 Å². The van der Waals surface area contributed by atoms with E-state index in [2.05, 4.69) is 54.7 Å². The summed E-state index contributed by atoms with van der Waals surface area (Å²) in [5.41, 5.74) is 2.49. The van der Waals surface area contributed by atoms with Crippen molar-refractivity contribution < 1.29 is 4.74 Å². The van der Waals surface area contributed by atoms with Gasteiger partial charge in [0, 0.05) is 31.5 Å². The van der Waals surface area contributed by atoms with E-state index in [4.69, 9.17) is 4.74 Å². The normalized spacial score (nSPS) is 11.2. The van der Waals surface area contributed by atoms with Gasteiger partial charge in [0.05, 0.1) is 12.7 Å². The van der Waals surface area contributed by atoms with Gasteiger partial charge in [0.2, 0.25) is 0 Å². The summed E-state index contributed by atoms with van der Waals surface area (Å²) in [4.78, 5) is 0. The molecule has 1 aromatic heterocycles. The minimum atomic E-state index is 0.614. The lowest BCUT2D eigenvalue weighted by Crippen LogP contribution is -2.16. The van der Waals surface area contributed by atoms with Gasteiger partial charge in [0.25, 0.3) is 0 Å². The summed E-state index contributed by atoms with van der Waals surface area (Å²) < 4.78 is 7.55. The fourth-order valence-corrected chi connectivity index (χ4v) is 2.21. The van der Waals surface area contributed by atoms with E-state index in [1.165, 1.54) is 11.1 Å². The molecule has 0 radical (unpaired) electrons. The van der Waals surface area contributed by atoms with Crippen LogP contribution in [0.2, 0.25) is 0 Å². The highest BCUT2D eigenvalue weighted by molar-refractivity contribution is 5.15. The van der Waals surface area contributed by atoms with Crippen LogP contribution in [0.3, 0.4) is 0 Å². The summed E-state index contributed by atoms with van der Waals surface area (Å²) >= 11 is 0. The van der Waals surface area contributed by atoms with Gasteiger partial charge < -0.3 is 10.1 Å². The van der Waals surface area contributed by atoms with Gasteiger partial charge in [-0.3, -0.25) is 4.68 Å². The summed E-state index contributed by atoms with van der Waals surface area (Å²) in [6, 6.07) is 10.4. The highest BCUT2D eigenvalue weighted by Crippen LogP contribution is 2.04. The molecule has 0 fully saturated rings. The van der Waals surface area contributed by atoms with E-state index in [0.717, 1.165) is 39.3 Å². The fraction of sp³-hybridized carbons (Fsp3) is 0.500. The van der Waals surface area contributed by atoms with Crippen LogP contribution in [0.1, 0.15) is 31.4 Å². The molecule has 4 heteroatoms. The van der Waals surface area contributed by atoms with E-state index < -0.39 is 0 Å². The Morgan fingerprint density at radius 2 is 2.00 bits per heavy atom. The molecule has 0 saturated heterocycles. The van der Waals surface area contributed by atoms with Crippen molar-refractivity contribution in [1.82, 2.24) is 15.1 Å². The third-order valence-corrected chi connectivity index (χ3v) is 3.30. The molecule has 0 saturated carbocycles. The van der Waals surface area contributed by atoms with Crippen molar-refractivity contribution in [3.8, 4) is 0 Å². The van der Waals surface area contributed by atoms with Gasteiger partial charge in [-0.05, 0) is 24.4 Å². The lowest BCUT2D eigenvalue weighted by Gasteiger charge is -2.07. The maximum Gasteiger partial charge on any atom is 0.0659 e. The number of hydrogen-bond donors (Lipinski definition) is 1. The first-order chi connectivity index (χ1) is 10.7. The van der Waals surface area contributed by atoms with Crippen LogP contribution in [-0.4, -0.2) is 29.5 Å². The number of aromatic nitrogens is 2. The van der Waals surface area contributed by atoms with Crippen LogP contribution >= 0.6 is 0 Å². The smallest absolute Gasteiger partial charge is 0.0659 e. The second-order valence-corrected chi connectivity index (χ2v) is 6.03. The lowest BCUT2D eigenvalue weighted by atomic mass is 10.2. The Balaban J connectivity index is 1.61. The molecule has 120 valence electrons. The van der Waals surface area contributed by atoms with Gasteiger partial charge >= 0.3 is 0 Å². The van der Waals surface area contributed by atoms with Gasteiger partial charge in [-0.25, -0.2) is 0 Å². The summed E-state index contributed by atoms with van der Waals surface area (Å²) in [5, 5.41) is 7.84. The number of benzene rings is 1. The molecule has 22 heavy (non-hydrogen) atoms. The van der Waals surface area contributed by atoms with Crippen molar-refractivity contribution >= 4 is 0 Å². The standard InChI is InChI=1S/C18H27N3O/c1-16(2)15-22-10-6-9-19-11-18-12-20-21(14-18)13-17-7-4-3-5-8-17/h3-5,7-8,12,14,16,19H,6,9-11,13,15H2,1-2H3. The van der Waals surface area contributed by atoms with Crippen molar-refractivity contribution in [3.63, 3.8) is 0 Å². The van der Waals surface area contributed by atoms with E-state index >= 15 is 0 Å². The molecule has 0 amide bonds. The first-order valence-electron chi connectivity index (χ1n) is 8.08. The van der Waals surface area contributed by atoms with Crippen LogP contribution in [0.25, 0.3) is 0 Å². The highest BCUT2D eigenvalue weighted by Gasteiger charge is 2.00. The Labute approximate surface area is 133 Å². The van der Waals surface area contributed by atoms with Crippen LogP contribution in [0.15, 0.2) is 42.7 Å². The van der Waals surface area contributed by atoms with Crippen molar-refractivity contribution in [3.05, 3.63) is 53.9 Å². The van der Waals surface area contributed by atoms with Gasteiger partial charge in [0.15, 0.2) is 0 Å². The number of hydrogen-bond acceptors (Lipinski definition) is 3. The molecule has 0 aliphatic rings. The van der Waals surface area contributed by atoms with Crippen molar-refractivity contribution in [1.29, 1.82) is 0 Å². The van der Waals surface area contributed by atoms with E-state index in [1.807, 2.05) is 16.9 Å². The molecule has 0 unspecified atom stereocenters. The predicted molar refractivity (Wildman–Crippen MR) is 89.8 cm³/mol. The Kier molecular flexibility index (Phi) is 7.13. The van der Waals surface area contributed by atoms with Gasteiger partial charge in [-0.2, -0.15) is 5.10 Å². The summed E-state index contributed by atoms with van der Waals surface area (Å²) in [7, 11) is 0. The molecule has 2 rings (SSSR count). The largest absolute Gasteiger partial charge is 0.381 e. The third kappa shape index (κ3) is 6.41.